The van der Waals surface area contributed by atoms with Crippen molar-refractivity contribution in [1.82, 2.24) is 9.78 Å². The molecule has 96 valence electrons. The van der Waals surface area contributed by atoms with Crippen molar-refractivity contribution < 1.29 is 4.79 Å². The number of nitrogens with zero attached hydrogens (tertiary/aromatic N) is 2. The summed E-state index contributed by atoms with van der Waals surface area (Å²) in [6, 6.07) is 1.85. The van der Waals surface area contributed by atoms with Crippen LogP contribution in [0.25, 0.3) is 0 Å². The molecule has 0 aromatic carbocycles. The van der Waals surface area contributed by atoms with Gasteiger partial charge in [-0.3, -0.25) is 4.79 Å². The van der Waals surface area contributed by atoms with Gasteiger partial charge in [0.1, 0.15) is 5.82 Å². The lowest BCUT2D eigenvalue weighted by molar-refractivity contribution is -0.116. The lowest BCUT2D eigenvalue weighted by Gasteiger charge is -2.10. The zero-order valence-corrected chi connectivity index (χ0v) is 11.1. The monoisotopic (exact) mass is 237 g/mol. The molecule has 1 heterocycles. The van der Waals surface area contributed by atoms with Crippen LogP contribution < -0.4 is 5.32 Å². The molecule has 4 nitrogen and oxygen atoms in total. The van der Waals surface area contributed by atoms with E-state index in [0.717, 1.165) is 31.6 Å². The number of rotatable bonds is 7. The van der Waals surface area contributed by atoms with Crippen LogP contribution in [0.4, 0.5) is 5.82 Å². The Morgan fingerprint density at radius 3 is 2.88 bits per heavy atom. The number of carbonyl (C=O) groups is 1. The minimum absolute atomic E-state index is 0.0870. The Balaban J connectivity index is 2.44. The summed E-state index contributed by atoms with van der Waals surface area (Å²) in [6.45, 7) is 7.23. The average Bonchev–Trinajstić information content (AvgIpc) is 2.65. The van der Waals surface area contributed by atoms with Gasteiger partial charge in [-0.15, -0.1) is 0 Å². The average molecular weight is 237 g/mol. The van der Waals surface area contributed by atoms with Crippen LogP contribution in [-0.4, -0.2) is 15.7 Å². The molecular formula is C13H23N3O. The van der Waals surface area contributed by atoms with Gasteiger partial charge in [-0.25, -0.2) is 4.68 Å². The van der Waals surface area contributed by atoms with Gasteiger partial charge >= 0.3 is 0 Å². The van der Waals surface area contributed by atoms with Gasteiger partial charge in [-0.2, -0.15) is 5.10 Å². The zero-order valence-electron chi connectivity index (χ0n) is 11.1. The summed E-state index contributed by atoms with van der Waals surface area (Å²) in [7, 11) is 0. The maximum atomic E-state index is 11.7. The molecule has 0 fully saturated rings. The second-order valence-electron chi connectivity index (χ2n) is 4.80. The van der Waals surface area contributed by atoms with E-state index in [1.807, 2.05) is 10.7 Å². The van der Waals surface area contributed by atoms with E-state index < -0.39 is 0 Å². The summed E-state index contributed by atoms with van der Waals surface area (Å²) in [5, 5.41) is 7.12. The Morgan fingerprint density at radius 2 is 2.24 bits per heavy atom. The SMILES string of the molecule is CCCCCC(=O)Nc1ccnn1CC(C)C. The third-order valence-corrected chi connectivity index (χ3v) is 2.53. The molecule has 1 aromatic rings. The standard InChI is InChI=1S/C13H23N3O/c1-4-5-6-7-13(17)15-12-8-9-14-16(12)10-11(2)3/h8-9,11H,4-7,10H2,1-3H3,(H,15,17). The summed E-state index contributed by atoms with van der Waals surface area (Å²) < 4.78 is 1.85. The van der Waals surface area contributed by atoms with Crippen LogP contribution in [0.2, 0.25) is 0 Å². The maximum Gasteiger partial charge on any atom is 0.225 e. The Morgan fingerprint density at radius 1 is 1.47 bits per heavy atom. The zero-order chi connectivity index (χ0) is 12.7. The fourth-order valence-corrected chi connectivity index (χ4v) is 1.67. The van der Waals surface area contributed by atoms with Gasteiger partial charge in [-0.05, 0) is 12.3 Å². The third-order valence-electron chi connectivity index (χ3n) is 2.53. The largest absolute Gasteiger partial charge is 0.311 e. The highest BCUT2D eigenvalue weighted by Crippen LogP contribution is 2.10. The Kier molecular flexibility index (Phi) is 5.73. The molecule has 0 aliphatic heterocycles. The number of amides is 1. The van der Waals surface area contributed by atoms with E-state index in [1.54, 1.807) is 6.20 Å². The Bertz CT molecular complexity index is 344. The van der Waals surface area contributed by atoms with Gasteiger partial charge in [-0.1, -0.05) is 33.6 Å². The first-order chi connectivity index (χ1) is 8.13. The summed E-state index contributed by atoms with van der Waals surface area (Å²) >= 11 is 0. The Labute approximate surface area is 103 Å². The van der Waals surface area contributed by atoms with Gasteiger partial charge in [0.2, 0.25) is 5.91 Å². The molecule has 0 unspecified atom stereocenters. The smallest absolute Gasteiger partial charge is 0.225 e. The minimum atomic E-state index is 0.0870. The summed E-state index contributed by atoms with van der Waals surface area (Å²) in [5.41, 5.74) is 0. The number of carbonyl (C=O) groups excluding carboxylic acids is 1. The van der Waals surface area contributed by atoms with Crippen molar-refractivity contribution in [3.63, 3.8) is 0 Å². The number of nitrogens with one attached hydrogen (secondary N) is 1. The molecule has 1 aromatic heterocycles. The molecule has 0 saturated heterocycles. The molecule has 1 rings (SSSR count). The first-order valence-corrected chi connectivity index (χ1v) is 6.45. The predicted molar refractivity (Wildman–Crippen MR) is 69.8 cm³/mol. The van der Waals surface area contributed by atoms with Crippen LogP contribution in [0.5, 0.6) is 0 Å². The van der Waals surface area contributed by atoms with E-state index in [9.17, 15) is 4.79 Å². The Hall–Kier alpha value is -1.32. The molecule has 0 aliphatic carbocycles. The van der Waals surface area contributed by atoms with E-state index in [0.29, 0.717) is 12.3 Å². The van der Waals surface area contributed by atoms with Crippen LogP contribution in [0, 0.1) is 5.92 Å². The van der Waals surface area contributed by atoms with Gasteiger partial charge < -0.3 is 5.32 Å². The molecule has 4 heteroatoms. The first kappa shape index (κ1) is 13.7. The number of anilines is 1. The van der Waals surface area contributed by atoms with Crippen LogP contribution in [0.3, 0.4) is 0 Å². The first-order valence-electron chi connectivity index (χ1n) is 6.45. The lowest BCUT2D eigenvalue weighted by Crippen LogP contribution is -2.16. The fraction of sp³-hybridized carbons (Fsp3) is 0.692. The quantitative estimate of drug-likeness (QED) is 0.741. The van der Waals surface area contributed by atoms with Gasteiger partial charge in [0, 0.05) is 19.0 Å². The van der Waals surface area contributed by atoms with Crippen molar-refractivity contribution in [1.29, 1.82) is 0 Å². The lowest BCUT2D eigenvalue weighted by atomic mass is 10.2. The predicted octanol–water partition coefficient (Wildman–Crippen LogP) is 3.06. The number of aromatic nitrogens is 2. The molecule has 0 aliphatic rings. The van der Waals surface area contributed by atoms with Gasteiger partial charge in [0.25, 0.3) is 0 Å². The second-order valence-corrected chi connectivity index (χ2v) is 4.80. The van der Waals surface area contributed by atoms with E-state index in [1.165, 1.54) is 0 Å². The topological polar surface area (TPSA) is 46.9 Å². The van der Waals surface area contributed by atoms with Crippen molar-refractivity contribution in [2.75, 3.05) is 5.32 Å². The number of hydrogen-bond donors (Lipinski definition) is 1. The number of hydrogen-bond acceptors (Lipinski definition) is 2. The van der Waals surface area contributed by atoms with Crippen LogP contribution in [0.1, 0.15) is 46.5 Å². The van der Waals surface area contributed by atoms with Crippen LogP contribution >= 0.6 is 0 Å². The number of unbranched alkanes of at least 4 members (excludes halogenated alkanes) is 2. The van der Waals surface area contributed by atoms with Crippen LogP contribution in [-0.2, 0) is 11.3 Å². The summed E-state index contributed by atoms with van der Waals surface area (Å²) in [6.07, 6.45) is 5.53. The van der Waals surface area contributed by atoms with Gasteiger partial charge in [0.05, 0.1) is 6.20 Å². The molecule has 0 saturated carbocycles. The fourth-order valence-electron chi connectivity index (χ4n) is 1.67. The highest BCUT2D eigenvalue weighted by atomic mass is 16.1. The van der Waals surface area contributed by atoms with E-state index in [2.05, 4.69) is 31.2 Å². The normalized spacial score (nSPS) is 10.8. The molecule has 0 bridgehead atoms. The molecule has 17 heavy (non-hydrogen) atoms. The molecule has 1 amide bonds. The molecule has 1 N–H and O–H groups in total. The van der Waals surface area contributed by atoms with Crippen molar-refractivity contribution >= 4 is 11.7 Å². The third kappa shape index (κ3) is 5.02. The summed E-state index contributed by atoms with van der Waals surface area (Å²) in [4.78, 5) is 11.7. The molecular weight excluding hydrogens is 214 g/mol. The second kappa shape index (κ2) is 7.09. The van der Waals surface area contributed by atoms with Crippen LogP contribution in [0.15, 0.2) is 12.3 Å². The molecule has 0 spiro atoms. The van der Waals surface area contributed by atoms with E-state index in [-0.39, 0.29) is 5.91 Å². The highest BCUT2D eigenvalue weighted by molar-refractivity contribution is 5.89. The molecule has 0 atom stereocenters. The van der Waals surface area contributed by atoms with Crippen molar-refractivity contribution in [3.8, 4) is 0 Å². The van der Waals surface area contributed by atoms with Gasteiger partial charge in [0.15, 0.2) is 0 Å². The van der Waals surface area contributed by atoms with E-state index in [4.69, 9.17) is 0 Å². The van der Waals surface area contributed by atoms with Crippen molar-refractivity contribution in [3.05, 3.63) is 12.3 Å². The highest BCUT2D eigenvalue weighted by Gasteiger charge is 2.07. The van der Waals surface area contributed by atoms with E-state index >= 15 is 0 Å². The van der Waals surface area contributed by atoms with Crippen molar-refractivity contribution in [2.45, 2.75) is 53.0 Å². The maximum absolute atomic E-state index is 11.7. The molecule has 0 radical (unpaired) electrons. The summed E-state index contributed by atoms with van der Waals surface area (Å²) in [5.74, 6) is 1.41. The van der Waals surface area contributed by atoms with Crippen molar-refractivity contribution in [2.24, 2.45) is 5.92 Å². The minimum Gasteiger partial charge on any atom is -0.311 e.